The van der Waals surface area contributed by atoms with Gasteiger partial charge in [0.1, 0.15) is 60.4 Å². The van der Waals surface area contributed by atoms with Crippen LogP contribution in [-0.2, 0) is 59.2 Å². The normalized spacial score (nSPS) is 15.0. The molecule has 1 aromatic rings. The first kappa shape index (κ1) is 86.4. The minimum atomic E-state index is -1.40. The second kappa shape index (κ2) is 45.8. The predicted octanol–water partition coefficient (Wildman–Crippen LogP) is -4.67. The third-order valence-corrected chi connectivity index (χ3v) is 15.7. The highest BCUT2D eigenvalue weighted by molar-refractivity contribution is 5.99. The lowest BCUT2D eigenvalue weighted by molar-refractivity contribution is -0.137. The number of aliphatic imine (C=N–C) groups is 4. The summed E-state index contributed by atoms with van der Waals surface area (Å²) in [4.78, 5) is 170. The zero-order chi connectivity index (χ0) is 74.4. The summed E-state index contributed by atoms with van der Waals surface area (Å²) in [6.45, 7) is 17.3. The van der Waals surface area contributed by atoms with Crippen molar-refractivity contribution < 1.29 is 52.7 Å². The van der Waals surface area contributed by atoms with Gasteiger partial charge >= 0.3 is 0 Å². The third-order valence-electron chi connectivity index (χ3n) is 15.7. The lowest BCUT2D eigenvalue weighted by Crippen LogP contribution is -2.62. The molecule has 0 aliphatic rings. The number of guanidine groups is 4. The van der Waals surface area contributed by atoms with Crippen LogP contribution in [0.5, 0.6) is 0 Å². The molecule has 13 atom stereocenters. The van der Waals surface area contributed by atoms with Gasteiger partial charge in [0.05, 0.1) is 6.04 Å². The quantitative estimate of drug-likeness (QED) is 0.0166. The van der Waals surface area contributed by atoms with E-state index in [1.165, 1.54) is 13.8 Å². The van der Waals surface area contributed by atoms with Gasteiger partial charge in [-0.15, -0.1) is 0 Å². The first-order chi connectivity index (χ1) is 46.0. The van der Waals surface area contributed by atoms with E-state index in [1.807, 2.05) is 0 Å². The van der Waals surface area contributed by atoms with Crippen molar-refractivity contribution in [1.29, 1.82) is 0 Å². The minimum Gasteiger partial charge on any atom is -0.370 e. The number of hydrogen-bond acceptors (Lipinski definition) is 16. The van der Waals surface area contributed by atoms with Gasteiger partial charge in [-0.05, 0) is 107 Å². The smallest absolute Gasteiger partial charge is 0.243 e. The van der Waals surface area contributed by atoms with Crippen molar-refractivity contribution in [2.45, 2.75) is 219 Å². The molecule has 0 aliphatic heterocycles. The van der Waals surface area contributed by atoms with Crippen LogP contribution in [0.4, 0.5) is 0 Å². The SMILES string of the molecule is CC[C@H](C)[C@H](NC(=O)[C@H](CCCN=C(N)N)NC(=O)[C@H](C)NC(=O)[C@H](C)N)C(=O)N[C@H](C(=O)N[C@@H](CC(C)C)C(=O)N[C@@H](CCCN=C(N)N)C(=O)N[C@@H](CC(C)C)C(=O)N[C@@H](CCCN=C(N)N)C(=O)N[C@@H](Cc1ccccc1)C(=O)N[C@@H](CCCN=C(N)N)C(N)=O)[C@@H](C)CC. The summed E-state index contributed by atoms with van der Waals surface area (Å²) in [7, 11) is 0. The molecule has 0 unspecified atom stereocenters. The highest BCUT2D eigenvalue weighted by atomic mass is 16.2. The lowest BCUT2D eigenvalue weighted by Gasteiger charge is -2.31. The van der Waals surface area contributed by atoms with E-state index in [9.17, 15) is 52.7 Å². The van der Waals surface area contributed by atoms with Crippen LogP contribution < -0.4 is 111 Å². The van der Waals surface area contributed by atoms with Crippen molar-refractivity contribution in [2.24, 2.45) is 101 Å². The molecule has 1 rings (SSSR count). The van der Waals surface area contributed by atoms with E-state index in [1.54, 1.807) is 85.7 Å². The van der Waals surface area contributed by atoms with Gasteiger partial charge in [0, 0.05) is 32.6 Å². The molecule has 35 nitrogen and oxygen atoms in total. The number of benzene rings is 1. The van der Waals surface area contributed by atoms with Gasteiger partial charge in [0.2, 0.25) is 65.0 Å². The second-order valence-corrected chi connectivity index (χ2v) is 25.3. The van der Waals surface area contributed by atoms with E-state index in [2.05, 4.69) is 73.1 Å². The van der Waals surface area contributed by atoms with Crippen molar-refractivity contribution in [2.75, 3.05) is 26.2 Å². The molecule has 0 spiro atoms. The molecule has 0 heterocycles. The van der Waals surface area contributed by atoms with Crippen molar-refractivity contribution in [1.82, 2.24) is 53.2 Å². The predicted molar refractivity (Wildman–Crippen MR) is 375 cm³/mol. The van der Waals surface area contributed by atoms with Crippen molar-refractivity contribution in [3.05, 3.63) is 35.9 Å². The minimum absolute atomic E-state index is 0.00185. The maximum absolute atomic E-state index is 14.7. The second-order valence-electron chi connectivity index (χ2n) is 25.3. The highest BCUT2D eigenvalue weighted by Crippen LogP contribution is 2.17. The van der Waals surface area contributed by atoms with Crippen LogP contribution in [0.3, 0.4) is 0 Å². The maximum Gasteiger partial charge on any atom is 0.243 e. The van der Waals surface area contributed by atoms with Crippen LogP contribution in [0, 0.1) is 23.7 Å². The molecule has 98 heavy (non-hydrogen) atoms. The van der Waals surface area contributed by atoms with Gasteiger partial charge in [-0.2, -0.15) is 0 Å². The Hall–Kier alpha value is -9.57. The van der Waals surface area contributed by atoms with Gasteiger partial charge < -0.3 is 111 Å². The number of primary amides is 1. The average Bonchev–Trinajstić information content (AvgIpc) is 0.854. The largest absolute Gasteiger partial charge is 0.370 e. The summed E-state index contributed by atoms with van der Waals surface area (Å²) < 4.78 is 0. The fourth-order valence-corrected chi connectivity index (χ4v) is 9.80. The van der Waals surface area contributed by atoms with Crippen LogP contribution in [-0.4, -0.2) is 181 Å². The molecule has 0 saturated carbocycles. The number of hydrogen-bond donors (Lipinski definition) is 20. The van der Waals surface area contributed by atoms with Gasteiger partial charge in [-0.3, -0.25) is 72.7 Å². The Morgan fingerprint density at radius 2 is 0.653 bits per heavy atom. The zero-order valence-corrected chi connectivity index (χ0v) is 58.6. The zero-order valence-electron chi connectivity index (χ0n) is 58.6. The van der Waals surface area contributed by atoms with E-state index in [-0.39, 0.29) is 132 Å². The summed E-state index contributed by atoms with van der Waals surface area (Å²) in [6, 6.07) is -5.18. The molecule has 1 aromatic carbocycles. The molecule has 0 aliphatic carbocycles. The highest BCUT2D eigenvalue weighted by Gasteiger charge is 2.38. The fourth-order valence-electron chi connectivity index (χ4n) is 9.80. The van der Waals surface area contributed by atoms with E-state index in [0.29, 0.717) is 18.4 Å². The van der Waals surface area contributed by atoms with Gasteiger partial charge in [-0.25, -0.2) is 0 Å². The third kappa shape index (κ3) is 34.9. The van der Waals surface area contributed by atoms with Crippen molar-refractivity contribution >= 4 is 88.8 Å². The Morgan fingerprint density at radius 1 is 0.357 bits per heavy atom. The molecule has 552 valence electrons. The van der Waals surface area contributed by atoms with Gasteiger partial charge in [-0.1, -0.05) is 98.6 Å². The average molecular weight is 1380 g/mol. The van der Waals surface area contributed by atoms with E-state index in [4.69, 9.17) is 57.3 Å². The summed E-state index contributed by atoms with van der Waals surface area (Å²) in [5.41, 5.74) is 56.3. The summed E-state index contributed by atoms with van der Waals surface area (Å²) in [5, 5.41) is 27.1. The Kier molecular flexibility index (Phi) is 40.4. The monoisotopic (exact) mass is 1380 g/mol. The summed E-state index contributed by atoms with van der Waals surface area (Å²) in [5.74, 6) is -11.0. The molecule has 11 amide bonds. The Morgan fingerprint density at radius 3 is 1.01 bits per heavy atom. The summed E-state index contributed by atoms with van der Waals surface area (Å²) >= 11 is 0. The molecular weight excluding hydrogens is 1270 g/mol. The van der Waals surface area contributed by atoms with Crippen molar-refractivity contribution in [3.8, 4) is 0 Å². The topological polar surface area (TPSA) is 618 Å². The summed E-state index contributed by atoms with van der Waals surface area (Å²) in [6.07, 6.45) is 1.29. The number of rotatable bonds is 47. The van der Waals surface area contributed by atoms with Gasteiger partial charge in [0.15, 0.2) is 23.8 Å². The Bertz CT molecular complexity index is 2860. The van der Waals surface area contributed by atoms with E-state index >= 15 is 0 Å². The fraction of sp³-hybridized carbons (Fsp3) is 0.667. The molecule has 0 aromatic heterocycles. The number of carbonyl (C=O) groups is 11. The molecule has 0 fully saturated rings. The first-order valence-electron chi connectivity index (χ1n) is 33.4. The number of carbonyl (C=O) groups excluding carboxylic acids is 11. The maximum atomic E-state index is 14.7. The molecule has 0 bridgehead atoms. The molecule has 30 N–H and O–H groups in total. The standard InChI is InChI=1S/C63H114N24O11/c1-11-35(7)47(87-59(98)48(36(8)12-2)86-54(93)43(25-19-29-77-63(72)73)80-51(90)38(10)78-50(89)37(9)64)58(97)85-45(31-34(5)6)56(95)82-41(23-17-27-75-61(68)69)52(91)83-44(30-33(3)4)55(94)81-42(24-18-28-76-62(70)71)53(92)84-46(32-39-20-14-13-15-21-39)57(96)79-40(49(65)88)22-16-26-74-60(66)67/h13-15,20-21,33-38,40-48H,11-12,16-19,22-32,64H2,1-10H3,(H2,65,88)(H,78,89)(H,79,96)(H,80,90)(H,81,94)(H,82,95)(H,83,91)(H,84,92)(H,85,97)(H,86,93)(H,87,98)(H4,66,67,74)(H4,68,69,75)(H4,70,71,76)(H4,72,73,77)/t35-,36-,37-,38-,40-,41-,42-,43-,44-,45-,46-,47-,48-/m0/s1. The van der Waals surface area contributed by atoms with E-state index in [0.717, 1.165) is 0 Å². The van der Waals surface area contributed by atoms with Gasteiger partial charge in [0.25, 0.3) is 0 Å². The van der Waals surface area contributed by atoms with Crippen molar-refractivity contribution in [3.63, 3.8) is 0 Å². The van der Waals surface area contributed by atoms with Crippen LogP contribution in [0.2, 0.25) is 0 Å². The van der Waals surface area contributed by atoms with Crippen LogP contribution in [0.1, 0.15) is 152 Å². The van der Waals surface area contributed by atoms with Crippen LogP contribution in [0.15, 0.2) is 50.3 Å². The molecule has 0 radical (unpaired) electrons. The number of nitrogens with zero attached hydrogens (tertiary/aromatic N) is 4. The molecule has 0 saturated heterocycles. The molecular formula is C63H114N24O11. The molecule has 35 heteroatoms. The Balaban J connectivity index is 3.78. The number of amides is 11. The van der Waals surface area contributed by atoms with Crippen LogP contribution in [0.25, 0.3) is 0 Å². The number of nitrogens with one attached hydrogen (secondary N) is 10. The van der Waals surface area contributed by atoms with E-state index < -0.39 is 143 Å². The lowest BCUT2D eigenvalue weighted by atomic mass is 9.94. The Labute approximate surface area is 574 Å². The first-order valence-corrected chi connectivity index (χ1v) is 33.4. The van der Waals surface area contributed by atoms with Crippen LogP contribution >= 0.6 is 0 Å². The number of nitrogens with two attached hydrogens (primary N) is 10.